The van der Waals surface area contributed by atoms with Gasteiger partial charge in [0.25, 0.3) is 5.56 Å². The lowest BCUT2D eigenvalue weighted by Gasteiger charge is -2.11. The van der Waals surface area contributed by atoms with Gasteiger partial charge in [0.1, 0.15) is 17.3 Å². The van der Waals surface area contributed by atoms with Crippen molar-refractivity contribution >= 4 is 21.9 Å². The normalized spacial score (nSPS) is 10.8. The molecule has 24 heavy (non-hydrogen) atoms. The summed E-state index contributed by atoms with van der Waals surface area (Å²) in [5, 5.41) is 11.1. The van der Waals surface area contributed by atoms with Crippen molar-refractivity contribution in [2.45, 2.75) is 6.92 Å². The Morgan fingerprint density at radius 2 is 1.75 bits per heavy atom. The van der Waals surface area contributed by atoms with E-state index in [1.165, 1.54) is 4.57 Å². The lowest BCUT2D eigenvalue weighted by atomic mass is 10.1. The van der Waals surface area contributed by atoms with E-state index in [-0.39, 0.29) is 11.1 Å². The molecule has 0 atom stereocenters. The van der Waals surface area contributed by atoms with Gasteiger partial charge in [-0.15, -0.1) is 0 Å². The Bertz CT molecular complexity index is 1180. The molecule has 114 valence electrons. The highest BCUT2D eigenvalue weighted by Crippen LogP contribution is 2.21. The van der Waals surface area contributed by atoms with Gasteiger partial charge in [-0.1, -0.05) is 35.9 Å². The molecule has 2 aromatic heterocycles. The molecule has 0 saturated heterocycles. The van der Waals surface area contributed by atoms with Gasteiger partial charge >= 0.3 is 0 Å². The summed E-state index contributed by atoms with van der Waals surface area (Å²) in [6.07, 6.45) is 0. The summed E-state index contributed by atoms with van der Waals surface area (Å²) >= 11 is 0. The van der Waals surface area contributed by atoms with Crippen LogP contribution in [0.25, 0.3) is 27.6 Å². The van der Waals surface area contributed by atoms with Gasteiger partial charge in [-0.05, 0) is 37.3 Å². The van der Waals surface area contributed by atoms with E-state index in [1.54, 1.807) is 6.07 Å². The Hall–Kier alpha value is -3.45. The van der Waals surface area contributed by atoms with Crippen molar-refractivity contribution in [2.75, 3.05) is 0 Å². The van der Waals surface area contributed by atoms with Crippen LogP contribution in [0.5, 0.6) is 0 Å². The van der Waals surface area contributed by atoms with E-state index in [2.05, 4.69) is 4.98 Å². The Kier molecular flexibility index (Phi) is 3.14. The molecule has 4 rings (SSSR count). The molecule has 0 aliphatic rings. The first-order valence-electron chi connectivity index (χ1n) is 7.60. The van der Waals surface area contributed by atoms with Crippen molar-refractivity contribution in [3.8, 4) is 11.8 Å². The minimum absolute atomic E-state index is 0.111. The Morgan fingerprint density at radius 3 is 2.50 bits per heavy atom. The number of rotatable bonds is 1. The van der Waals surface area contributed by atoms with E-state index in [9.17, 15) is 10.1 Å². The van der Waals surface area contributed by atoms with E-state index in [0.717, 1.165) is 21.9 Å². The molecule has 0 aliphatic heterocycles. The molecule has 2 aromatic carbocycles. The predicted octanol–water partition coefficient (Wildman–Crippen LogP) is 3.72. The lowest BCUT2D eigenvalue weighted by Crippen LogP contribution is -2.22. The maximum Gasteiger partial charge on any atom is 0.274 e. The molecule has 0 fully saturated rings. The van der Waals surface area contributed by atoms with Gasteiger partial charge in [0.2, 0.25) is 0 Å². The first-order chi connectivity index (χ1) is 11.7. The summed E-state index contributed by atoms with van der Waals surface area (Å²) in [4.78, 5) is 17.4. The van der Waals surface area contributed by atoms with Gasteiger partial charge in [0.05, 0.1) is 11.2 Å². The SMILES string of the molecule is Cc1ccc(-n2c(=O)c(C#N)cc3cc4ccccc4nc32)cc1. The highest BCUT2D eigenvalue weighted by molar-refractivity contribution is 5.92. The zero-order chi connectivity index (χ0) is 16.7. The zero-order valence-electron chi connectivity index (χ0n) is 13.0. The number of aryl methyl sites for hydroxylation is 1. The van der Waals surface area contributed by atoms with Gasteiger partial charge in [0, 0.05) is 10.8 Å². The molecule has 0 bridgehead atoms. The summed E-state index contributed by atoms with van der Waals surface area (Å²) in [5.41, 5.74) is 2.94. The van der Waals surface area contributed by atoms with Crippen LogP contribution in [0.3, 0.4) is 0 Å². The maximum absolute atomic E-state index is 12.7. The molecule has 4 nitrogen and oxygen atoms in total. The van der Waals surface area contributed by atoms with Crippen LogP contribution in [-0.2, 0) is 0 Å². The van der Waals surface area contributed by atoms with E-state index in [0.29, 0.717) is 11.3 Å². The average Bonchev–Trinajstić information content (AvgIpc) is 2.61. The molecule has 0 radical (unpaired) electrons. The van der Waals surface area contributed by atoms with Crippen LogP contribution < -0.4 is 5.56 Å². The van der Waals surface area contributed by atoms with E-state index in [4.69, 9.17) is 0 Å². The van der Waals surface area contributed by atoms with Crippen LogP contribution in [0, 0.1) is 18.3 Å². The lowest BCUT2D eigenvalue weighted by molar-refractivity contribution is 1.01. The number of hydrogen-bond acceptors (Lipinski definition) is 3. The van der Waals surface area contributed by atoms with Gasteiger partial charge in [0.15, 0.2) is 0 Å². The van der Waals surface area contributed by atoms with Crippen LogP contribution >= 0.6 is 0 Å². The fourth-order valence-electron chi connectivity index (χ4n) is 2.85. The summed E-state index contributed by atoms with van der Waals surface area (Å²) in [7, 11) is 0. The molecule has 0 unspecified atom stereocenters. The number of fused-ring (bicyclic) bond motifs is 2. The first kappa shape index (κ1) is 14.2. The number of hydrogen-bond donors (Lipinski definition) is 0. The fourth-order valence-corrected chi connectivity index (χ4v) is 2.85. The van der Waals surface area contributed by atoms with Crippen LogP contribution in [0.2, 0.25) is 0 Å². The van der Waals surface area contributed by atoms with Gasteiger partial charge in [-0.2, -0.15) is 5.26 Å². The fraction of sp³-hybridized carbons (Fsp3) is 0.0500. The van der Waals surface area contributed by atoms with Gasteiger partial charge in [-0.25, -0.2) is 4.98 Å². The molecule has 4 heteroatoms. The highest BCUT2D eigenvalue weighted by Gasteiger charge is 2.13. The number of para-hydroxylation sites is 1. The zero-order valence-corrected chi connectivity index (χ0v) is 13.0. The summed E-state index contributed by atoms with van der Waals surface area (Å²) < 4.78 is 1.51. The number of nitriles is 1. The molecular formula is C20H13N3O. The molecule has 0 saturated carbocycles. The third-order valence-corrected chi connectivity index (χ3v) is 4.09. The van der Waals surface area contributed by atoms with Crippen molar-refractivity contribution < 1.29 is 0 Å². The van der Waals surface area contributed by atoms with Crippen LogP contribution in [0.4, 0.5) is 0 Å². The monoisotopic (exact) mass is 311 g/mol. The van der Waals surface area contributed by atoms with E-state index < -0.39 is 0 Å². The smallest absolute Gasteiger partial charge is 0.267 e. The van der Waals surface area contributed by atoms with Gasteiger partial charge < -0.3 is 0 Å². The van der Waals surface area contributed by atoms with Crippen molar-refractivity contribution in [3.63, 3.8) is 0 Å². The molecule has 2 heterocycles. The number of pyridine rings is 2. The second-order valence-electron chi connectivity index (χ2n) is 5.74. The van der Waals surface area contributed by atoms with Crippen molar-refractivity contribution in [1.82, 2.24) is 9.55 Å². The largest absolute Gasteiger partial charge is 0.274 e. The number of benzene rings is 2. The minimum Gasteiger partial charge on any atom is -0.267 e. The van der Waals surface area contributed by atoms with Crippen LogP contribution in [0.1, 0.15) is 11.1 Å². The van der Waals surface area contributed by atoms with E-state index in [1.807, 2.05) is 67.6 Å². The molecule has 0 aliphatic carbocycles. The molecule has 0 N–H and O–H groups in total. The summed E-state index contributed by atoms with van der Waals surface area (Å²) in [6, 6.07) is 20.9. The third kappa shape index (κ3) is 2.15. The van der Waals surface area contributed by atoms with Gasteiger partial charge in [-0.3, -0.25) is 9.36 Å². The van der Waals surface area contributed by atoms with Crippen molar-refractivity contribution in [3.05, 3.63) is 82.1 Å². The number of aromatic nitrogens is 2. The highest BCUT2D eigenvalue weighted by atomic mass is 16.1. The first-order valence-corrected chi connectivity index (χ1v) is 7.60. The second-order valence-corrected chi connectivity index (χ2v) is 5.74. The summed E-state index contributed by atoms with van der Waals surface area (Å²) in [6.45, 7) is 1.99. The molecule has 0 spiro atoms. The van der Waals surface area contributed by atoms with Crippen molar-refractivity contribution in [1.29, 1.82) is 5.26 Å². The maximum atomic E-state index is 12.7. The van der Waals surface area contributed by atoms with E-state index >= 15 is 0 Å². The number of nitrogens with zero attached hydrogens (tertiary/aromatic N) is 3. The van der Waals surface area contributed by atoms with Crippen LogP contribution in [0.15, 0.2) is 65.5 Å². The third-order valence-electron chi connectivity index (χ3n) is 4.09. The average molecular weight is 311 g/mol. The Balaban J connectivity index is 2.18. The standard InChI is InChI=1S/C20H13N3O/c1-13-6-8-17(9-7-13)23-19-15(11-16(12-21)20(23)24)10-14-4-2-3-5-18(14)22-19/h2-11H,1H3. The topological polar surface area (TPSA) is 58.7 Å². The molecular weight excluding hydrogens is 298 g/mol. The second kappa shape index (κ2) is 5.32. The predicted molar refractivity (Wildman–Crippen MR) is 94.3 cm³/mol. The van der Waals surface area contributed by atoms with Crippen molar-refractivity contribution in [2.24, 2.45) is 0 Å². The Morgan fingerprint density at radius 1 is 1.00 bits per heavy atom. The van der Waals surface area contributed by atoms with Crippen LogP contribution in [-0.4, -0.2) is 9.55 Å². The quantitative estimate of drug-likeness (QED) is 0.503. The molecule has 4 aromatic rings. The summed E-state index contributed by atoms with van der Waals surface area (Å²) in [5.74, 6) is 0. The molecule has 0 amide bonds. The minimum atomic E-state index is -0.350. The Labute approximate surface area is 138 Å².